The molecule has 4 nitrogen and oxygen atoms in total. The van der Waals surface area contributed by atoms with Crippen molar-refractivity contribution in [2.75, 3.05) is 0 Å². The van der Waals surface area contributed by atoms with Crippen LogP contribution in [0, 0.1) is 11.7 Å². The molecule has 0 aromatic heterocycles. The van der Waals surface area contributed by atoms with E-state index in [1.165, 1.54) is 12.1 Å². The molecule has 1 aliphatic rings. The molecule has 1 saturated carbocycles. The summed E-state index contributed by atoms with van der Waals surface area (Å²) in [4.78, 5) is 24.2. The average molecular weight is 346 g/mol. The highest BCUT2D eigenvalue weighted by atomic mass is 19.1. The van der Waals surface area contributed by atoms with Crippen LogP contribution < -0.4 is 10.6 Å². The van der Waals surface area contributed by atoms with Gasteiger partial charge in [0.2, 0.25) is 11.8 Å². The Morgan fingerprint density at radius 2 is 2.12 bits per heavy atom. The Balaban J connectivity index is 1.78. The summed E-state index contributed by atoms with van der Waals surface area (Å²) >= 11 is 0. The Kier molecular flexibility index (Phi) is 7.16. The molecule has 0 spiro atoms. The van der Waals surface area contributed by atoms with Crippen molar-refractivity contribution in [1.29, 1.82) is 0 Å². The van der Waals surface area contributed by atoms with Gasteiger partial charge in [-0.1, -0.05) is 30.7 Å². The average Bonchev–Trinajstić information content (AvgIpc) is 2.54. The third kappa shape index (κ3) is 6.69. The first kappa shape index (κ1) is 19.2. The van der Waals surface area contributed by atoms with Gasteiger partial charge in [-0.05, 0) is 50.8 Å². The molecule has 25 heavy (non-hydrogen) atoms. The van der Waals surface area contributed by atoms with Crippen molar-refractivity contribution in [1.82, 2.24) is 10.6 Å². The molecule has 0 bridgehead atoms. The number of hydrogen-bond acceptors (Lipinski definition) is 2. The molecule has 0 heterocycles. The number of carbonyl (C=O) groups excluding carboxylic acids is 2. The van der Waals surface area contributed by atoms with Crippen LogP contribution in [-0.2, 0) is 9.59 Å². The number of amides is 2. The second-order valence-electron chi connectivity index (χ2n) is 6.95. The molecule has 5 heteroatoms. The lowest BCUT2D eigenvalue weighted by atomic mass is 9.85. The largest absolute Gasteiger partial charge is 0.354 e. The molecule has 0 saturated heterocycles. The van der Waals surface area contributed by atoms with Gasteiger partial charge in [-0.15, -0.1) is 0 Å². The molecule has 0 unspecified atom stereocenters. The predicted molar refractivity (Wildman–Crippen MR) is 97.2 cm³/mol. The molecule has 1 aromatic rings. The third-order valence-electron chi connectivity index (χ3n) is 4.30. The number of carbonyl (C=O) groups is 2. The molecule has 2 atom stereocenters. The zero-order valence-corrected chi connectivity index (χ0v) is 14.9. The Morgan fingerprint density at radius 3 is 2.84 bits per heavy atom. The predicted octanol–water partition coefficient (Wildman–Crippen LogP) is 3.43. The van der Waals surface area contributed by atoms with Gasteiger partial charge in [-0.25, -0.2) is 4.39 Å². The summed E-state index contributed by atoms with van der Waals surface area (Å²) in [6.07, 6.45) is 7.14. The standard InChI is InChI=1S/C20H27FN2O2/c1-14(2)22-20(25)16-8-5-10-18(13-16)23-19(24)11-4-7-15-6-3-9-17(21)12-15/h3-4,6-7,9,12,14,16,18H,5,8,10-11,13H2,1-2H3,(H,22,25)(H,23,24)/b7-4+/t16-,18-/m1/s1. The molecule has 2 rings (SSSR count). The monoisotopic (exact) mass is 346 g/mol. The molecule has 136 valence electrons. The normalized spacial score (nSPS) is 20.6. The lowest BCUT2D eigenvalue weighted by Crippen LogP contribution is -2.43. The van der Waals surface area contributed by atoms with Crippen LogP contribution in [0.4, 0.5) is 4.39 Å². The first-order valence-corrected chi connectivity index (χ1v) is 8.96. The molecule has 1 aromatic carbocycles. The van der Waals surface area contributed by atoms with Crippen LogP contribution in [0.5, 0.6) is 0 Å². The number of nitrogens with one attached hydrogen (secondary N) is 2. The summed E-state index contributed by atoms with van der Waals surface area (Å²) < 4.78 is 13.1. The van der Waals surface area contributed by atoms with E-state index in [9.17, 15) is 14.0 Å². The summed E-state index contributed by atoms with van der Waals surface area (Å²) in [7, 11) is 0. The SMILES string of the molecule is CC(C)NC(=O)[C@@H]1CCC[C@@H](NC(=O)C/C=C/c2cccc(F)c2)C1. The van der Waals surface area contributed by atoms with Gasteiger partial charge in [-0.3, -0.25) is 9.59 Å². The fourth-order valence-electron chi connectivity index (χ4n) is 3.16. The summed E-state index contributed by atoms with van der Waals surface area (Å²) in [5.74, 6) is -0.300. The van der Waals surface area contributed by atoms with E-state index >= 15 is 0 Å². The van der Waals surface area contributed by atoms with E-state index in [2.05, 4.69) is 10.6 Å². The van der Waals surface area contributed by atoms with Gasteiger partial charge < -0.3 is 10.6 Å². The molecular weight excluding hydrogens is 319 g/mol. The van der Waals surface area contributed by atoms with Crippen LogP contribution in [0.15, 0.2) is 30.3 Å². The summed E-state index contributed by atoms with van der Waals surface area (Å²) in [5, 5.41) is 5.96. The van der Waals surface area contributed by atoms with Gasteiger partial charge in [-0.2, -0.15) is 0 Å². The van der Waals surface area contributed by atoms with Crippen molar-refractivity contribution in [3.05, 3.63) is 41.7 Å². The van der Waals surface area contributed by atoms with Gasteiger partial charge in [0.05, 0.1) is 0 Å². The van der Waals surface area contributed by atoms with Gasteiger partial charge >= 0.3 is 0 Å². The fourth-order valence-corrected chi connectivity index (χ4v) is 3.16. The Hall–Kier alpha value is -2.17. The Labute approximate surface area is 148 Å². The Bertz CT molecular complexity index is 628. The molecule has 0 aliphatic heterocycles. The van der Waals surface area contributed by atoms with Crippen LogP contribution in [-0.4, -0.2) is 23.9 Å². The summed E-state index contributed by atoms with van der Waals surface area (Å²) in [6.45, 7) is 3.90. The van der Waals surface area contributed by atoms with Crippen molar-refractivity contribution in [3.8, 4) is 0 Å². The van der Waals surface area contributed by atoms with E-state index < -0.39 is 0 Å². The second kappa shape index (κ2) is 9.35. The number of halogens is 1. The first-order chi connectivity index (χ1) is 11.9. The van der Waals surface area contributed by atoms with Crippen molar-refractivity contribution in [2.24, 2.45) is 5.92 Å². The topological polar surface area (TPSA) is 58.2 Å². The Morgan fingerprint density at radius 1 is 1.32 bits per heavy atom. The van der Waals surface area contributed by atoms with E-state index in [0.717, 1.165) is 24.8 Å². The number of rotatable bonds is 6. The molecule has 0 radical (unpaired) electrons. The molecule has 2 amide bonds. The van der Waals surface area contributed by atoms with Crippen LogP contribution in [0.2, 0.25) is 0 Å². The summed E-state index contributed by atoms with van der Waals surface area (Å²) in [6, 6.07) is 6.42. The highest BCUT2D eigenvalue weighted by Gasteiger charge is 2.28. The summed E-state index contributed by atoms with van der Waals surface area (Å²) in [5.41, 5.74) is 0.732. The minimum absolute atomic E-state index is 0.0238. The first-order valence-electron chi connectivity index (χ1n) is 8.96. The van der Waals surface area contributed by atoms with Gasteiger partial charge in [0.25, 0.3) is 0 Å². The van der Waals surface area contributed by atoms with Crippen LogP contribution in [0.25, 0.3) is 6.08 Å². The molecule has 2 N–H and O–H groups in total. The van der Waals surface area contributed by atoms with Gasteiger partial charge in [0, 0.05) is 24.4 Å². The highest BCUT2D eigenvalue weighted by molar-refractivity contribution is 5.80. The van der Waals surface area contributed by atoms with E-state index in [-0.39, 0.29) is 42.1 Å². The van der Waals surface area contributed by atoms with Crippen LogP contribution in [0.1, 0.15) is 51.5 Å². The van der Waals surface area contributed by atoms with Crippen molar-refractivity contribution in [3.63, 3.8) is 0 Å². The van der Waals surface area contributed by atoms with E-state index in [4.69, 9.17) is 0 Å². The number of benzene rings is 1. The molecule has 1 aliphatic carbocycles. The van der Waals surface area contributed by atoms with E-state index in [0.29, 0.717) is 6.42 Å². The maximum atomic E-state index is 13.1. The lowest BCUT2D eigenvalue weighted by Gasteiger charge is -2.29. The van der Waals surface area contributed by atoms with Gasteiger partial charge in [0.1, 0.15) is 5.82 Å². The zero-order chi connectivity index (χ0) is 18.2. The zero-order valence-electron chi connectivity index (χ0n) is 14.9. The lowest BCUT2D eigenvalue weighted by molar-refractivity contribution is -0.128. The molecular formula is C20H27FN2O2. The van der Waals surface area contributed by atoms with Crippen molar-refractivity contribution < 1.29 is 14.0 Å². The number of hydrogen-bond donors (Lipinski definition) is 2. The van der Waals surface area contributed by atoms with E-state index in [1.807, 2.05) is 13.8 Å². The molecule has 1 fully saturated rings. The van der Waals surface area contributed by atoms with Gasteiger partial charge in [0.15, 0.2) is 0 Å². The smallest absolute Gasteiger partial charge is 0.224 e. The minimum Gasteiger partial charge on any atom is -0.354 e. The maximum Gasteiger partial charge on any atom is 0.224 e. The van der Waals surface area contributed by atoms with E-state index in [1.54, 1.807) is 24.3 Å². The fraction of sp³-hybridized carbons (Fsp3) is 0.500. The minimum atomic E-state index is -0.292. The van der Waals surface area contributed by atoms with Crippen LogP contribution >= 0.6 is 0 Å². The van der Waals surface area contributed by atoms with Crippen LogP contribution in [0.3, 0.4) is 0 Å². The highest BCUT2D eigenvalue weighted by Crippen LogP contribution is 2.24. The van der Waals surface area contributed by atoms with Crippen molar-refractivity contribution >= 4 is 17.9 Å². The second-order valence-corrected chi connectivity index (χ2v) is 6.95. The maximum absolute atomic E-state index is 13.1. The quantitative estimate of drug-likeness (QED) is 0.829. The third-order valence-corrected chi connectivity index (χ3v) is 4.30. The van der Waals surface area contributed by atoms with Crippen molar-refractivity contribution in [2.45, 2.75) is 58.0 Å².